The predicted octanol–water partition coefficient (Wildman–Crippen LogP) is 6.19. The van der Waals surface area contributed by atoms with Crippen molar-refractivity contribution in [1.82, 2.24) is 0 Å². The first-order chi connectivity index (χ1) is 15.7. The Labute approximate surface area is 208 Å². The minimum Gasteiger partial charge on any atom is -0.479 e. The number of ether oxygens (including phenoxy) is 1. The number of amides is 1. The van der Waals surface area contributed by atoms with Crippen molar-refractivity contribution in [3.05, 3.63) is 34.2 Å². The number of carbonyl (C=O) groups is 3. The highest BCUT2D eigenvalue weighted by atomic mass is 35.5. The Morgan fingerprint density at radius 2 is 1.76 bits per heavy atom. The molecule has 0 unspecified atom stereocenters. The van der Waals surface area contributed by atoms with E-state index in [0.717, 1.165) is 30.6 Å². The zero-order chi connectivity index (χ0) is 25.4. The molecule has 0 saturated heterocycles. The molecule has 34 heavy (non-hydrogen) atoms. The van der Waals surface area contributed by atoms with Crippen LogP contribution in [-0.4, -0.2) is 40.7 Å². The molecule has 2 N–H and O–H groups in total. The Bertz CT molecular complexity index is 1110. The number of rotatable bonds is 7. The lowest BCUT2D eigenvalue weighted by molar-refractivity contribution is -0.139. The number of aliphatic carboxylic acids is 1. The molecule has 0 bridgehead atoms. The van der Waals surface area contributed by atoms with Gasteiger partial charge in [-0.3, -0.25) is 4.79 Å². The highest BCUT2D eigenvalue weighted by Gasteiger charge is 2.41. The van der Waals surface area contributed by atoms with Crippen molar-refractivity contribution in [3.63, 3.8) is 0 Å². The molecular formula is C25H30ClNO6S. The van der Waals surface area contributed by atoms with Crippen molar-refractivity contribution in [2.24, 2.45) is 10.8 Å². The van der Waals surface area contributed by atoms with E-state index in [9.17, 15) is 19.5 Å². The van der Waals surface area contributed by atoms with Gasteiger partial charge in [-0.15, -0.1) is 11.3 Å². The number of thiophene rings is 1. The molecule has 7 nitrogen and oxygen atoms in total. The summed E-state index contributed by atoms with van der Waals surface area (Å²) in [7, 11) is 0. The second-order valence-corrected chi connectivity index (χ2v) is 11.8. The van der Waals surface area contributed by atoms with E-state index >= 15 is 0 Å². The van der Waals surface area contributed by atoms with Gasteiger partial charge in [0.25, 0.3) is 0 Å². The number of carbonyl (C=O) groups excluding carboxylic acids is 1. The van der Waals surface area contributed by atoms with Gasteiger partial charge in [-0.1, -0.05) is 51.4 Å². The van der Waals surface area contributed by atoms with Gasteiger partial charge in [0.05, 0.1) is 4.88 Å². The first-order valence-corrected chi connectivity index (χ1v) is 12.2. The summed E-state index contributed by atoms with van der Waals surface area (Å²) in [6.45, 7) is 9.77. The maximum atomic E-state index is 12.8. The Hall–Kier alpha value is -2.58. The van der Waals surface area contributed by atoms with E-state index in [1.54, 1.807) is 19.1 Å². The Morgan fingerprint density at radius 1 is 1.15 bits per heavy atom. The second kappa shape index (κ2) is 9.58. The van der Waals surface area contributed by atoms with Crippen molar-refractivity contribution < 1.29 is 29.3 Å². The van der Waals surface area contributed by atoms with Crippen LogP contribution >= 0.6 is 22.9 Å². The van der Waals surface area contributed by atoms with Gasteiger partial charge in [0.2, 0.25) is 5.91 Å². The molecule has 9 heteroatoms. The van der Waals surface area contributed by atoms with E-state index in [1.165, 1.54) is 0 Å². The predicted molar refractivity (Wildman–Crippen MR) is 133 cm³/mol. The van der Waals surface area contributed by atoms with E-state index in [2.05, 4.69) is 27.7 Å². The average Bonchev–Trinajstić information content (AvgIpc) is 3.00. The fraction of sp³-hybridized carbons (Fsp3) is 0.480. The third-order valence-electron chi connectivity index (χ3n) is 5.97. The van der Waals surface area contributed by atoms with Gasteiger partial charge in [0.1, 0.15) is 5.02 Å². The van der Waals surface area contributed by atoms with Crippen LogP contribution in [0, 0.1) is 10.8 Å². The summed E-state index contributed by atoms with van der Waals surface area (Å²) in [6.07, 6.45) is 2.82. The van der Waals surface area contributed by atoms with E-state index in [-0.39, 0.29) is 38.4 Å². The maximum absolute atomic E-state index is 12.8. The van der Waals surface area contributed by atoms with Crippen LogP contribution in [0.4, 0.5) is 5.69 Å². The average molecular weight is 508 g/mol. The number of benzene rings is 1. The van der Waals surface area contributed by atoms with Crippen molar-refractivity contribution in [2.45, 2.75) is 59.9 Å². The normalized spacial score (nSPS) is 17.2. The number of hydrogen-bond donors (Lipinski definition) is 2. The zero-order valence-corrected chi connectivity index (χ0v) is 21.5. The van der Waals surface area contributed by atoms with E-state index in [1.807, 2.05) is 17.0 Å². The molecule has 3 rings (SSSR count). The van der Waals surface area contributed by atoms with Gasteiger partial charge >= 0.3 is 11.9 Å². The van der Waals surface area contributed by atoms with Gasteiger partial charge in [0.15, 0.2) is 17.2 Å². The molecule has 184 valence electrons. The lowest BCUT2D eigenvalue weighted by Crippen LogP contribution is -2.48. The fourth-order valence-corrected chi connectivity index (χ4v) is 6.80. The van der Waals surface area contributed by atoms with E-state index in [4.69, 9.17) is 21.4 Å². The quantitative estimate of drug-likeness (QED) is 0.463. The highest BCUT2D eigenvalue weighted by Crippen LogP contribution is 2.49. The second-order valence-electron chi connectivity index (χ2n) is 10.4. The fourth-order valence-electron chi connectivity index (χ4n) is 5.40. The molecule has 1 fully saturated rings. The molecular weight excluding hydrogens is 478 g/mol. The number of anilines is 1. The minimum atomic E-state index is -1.26. The van der Waals surface area contributed by atoms with E-state index < -0.39 is 18.5 Å². The van der Waals surface area contributed by atoms with Crippen LogP contribution in [0.3, 0.4) is 0 Å². The van der Waals surface area contributed by atoms with Crippen LogP contribution in [0.1, 0.15) is 63.6 Å². The van der Waals surface area contributed by atoms with Crippen molar-refractivity contribution in [2.75, 3.05) is 11.5 Å². The van der Waals surface area contributed by atoms with Gasteiger partial charge < -0.3 is 19.8 Å². The SMILES string of the molecule is CC(=O)N(c1cccc(-c2sc(C(=O)O)c(OCC(=O)O)c2Cl)c1)C1CC(C)(C)CC(C)(C)C1. The van der Waals surface area contributed by atoms with Crippen LogP contribution in [-0.2, 0) is 9.59 Å². The molecule has 0 atom stereocenters. The number of nitrogens with zero attached hydrogens (tertiary/aromatic N) is 1. The molecule has 1 heterocycles. The van der Waals surface area contributed by atoms with Gasteiger partial charge in [-0.2, -0.15) is 0 Å². The minimum absolute atomic E-state index is 0.0225. The molecule has 1 saturated carbocycles. The van der Waals surface area contributed by atoms with Crippen LogP contribution in [0.25, 0.3) is 10.4 Å². The summed E-state index contributed by atoms with van der Waals surface area (Å²) in [4.78, 5) is 37.6. The monoisotopic (exact) mass is 507 g/mol. The molecule has 0 radical (unpaired) electrons. The molecule has 1 amide bonds. The summed E-state index contributed by atoms with van der Waals surface area (Å²) in [5.41, 5.74) is 1.50. The van der Waals surface area contributed by atoms with Crippen molar-refractivity contribution >= 4 is 46.5 Å². The van der Waals surface area contributed by atoms with Crippen LogP contribution in [0.15, 0.2) is 24.3 Å². The van der Waals surface area contributed by atoms with Crippen molar-refractivity contribution in [3.8, 4) is 16.2 Å². The standard InChI is InChI=1S/C25H30ClNO6S/c1-14(28)27(17-10-24(2,3)13-25(4,5)11-17)16-8-6-7-15(9-16)21-19(26)20(33-12-18(29)30)22(34-21)23(31)32/h6-9,17H,10-13H2,1-5H3,(H,29,30)(H,31,32). The molecule has 1 aromatic carbocycles. The Morgan fingerprint density at radius 3 is 2.29 bits per heavy atom. The lowest BCUT2D eigenvalue weighted by Gasteiger charge is -2.48. The van der Waals surface area contributed by atoms with Crippen LogP contribution < -0.4 is 9.64 Å². The summed E-state index contributed by atoms with van der Waals surface area (Å²) in [5, 5.41) is 18.5. The molecule has 1 aliphatic carbocycles. The Balaban J connectivity index is 2.04. The molecule has 1 aliphatic rings. The van der Waals surface area contributed by atoms with Gasteiger partial charge in [0, 0.05) is 18.7 Å². The number of aromatic carboxylic acids is 1. The van der Waals surface area contributed by atoms with Crippen LogP contribution in [0.5, 0.6) is 5.75 Å². The van der Waals surface area contributed by atoms with E-state index in [0.29, 0.717) is 16.1 Å². The van der Waals surface area contributed by atoms with Crippen LogP contribution in [0.2, 0.25) is 5.02 Å². The largest absolute Gasteiger partial charge is 0.479 e. The lowest BCUT2D eigenvalue weighted by atomic mass is 9.63. The smallest absolute Gasteiger partial charge is 0.349 e. The summed E-state index contributed by atoms with van der Waals surface area (Å²) in [5.74, 6) is -2.73. The first kappa shape index (κ1) is 26.0. The topological polar surface area (TPSA) is 104 Å². The maximum Gasteiger partial charge on any atom is 0.349 e. The number of halogens is 1. The summed E-state index contributed by atoms with van der Waals surface area (Å²) >= 11 is 7.37. The molecule has 0 spiro atoms. The third kappa shape index (κ3) is 5.73. The summed E-state index contributed by atoms with van der Waals surface area (Å²) in [6, 6.07) is 7.28. The number of carboxylic acid groups (broad SMARTS) is 2. The van der Waals surface area contributed by atoms with Gasteiger partial charge in [-0.25, -0.2) is 9.59 Å². The first-order valence-electron chi connectivity index (χ1n) is 11.0. The zero-order valence-electron chi connectivity index (χ0n) is 20.0. The highest BCUT2D eigenvalue weighted by molar-refractivity contribution is 7.18. The molecule has 0 aliphatic heterocycles. The third-order valence-corrected chi connectivity index (χ3v) is 7.65. The van der Waals surface area contributed by atoms with Gasteiger partial charge in [-0.05, 0) is 47.8 Å². The molecule has 1 aromatic heterocycles. The Kier molecular flexibility index (Phi) is 7.34. The number of hydrogen-bond acceptors (Lipinski definition) is 5. The summed E-state index contributed by atoms with van der Waals surface area (Å²) < 4.78 is 5.18. The number of carboxylic acids is 2. The van der Waals surface area contributed by atoms with Crippen molar-refractivity contribution in [1.29, 1.82) is 0 Å². The molecule has 2 aromatic rings.